The fraction of sp³-hybridized carbons (Fsp3) is 0.900. The van der Waals surface area contributed by atoms with Crippen LogP contribution in [0.4, 0.5) is 0 Å². The van der Waals surface area contributed by atoms with Crippen LogP contribution < -0.4 is 5.32 Å². The lowest BCUT2D eigenvalue weighted by atomic mass is 10.2. The normalized spacial score (nSPS) is 14.6. The van der Waals surface area contributed by atoms with Gasteiger partial charge < -0.3 is 10.1 Å². The van der Waals surface area contributed by atoms with Gasteiger partial charge in [0.15, 0.2) is 0 Å². The Kier molecular flexibility index (Phi) is 8.61. The molecule has 0 spiro atoms. The van der Waals surface area contributed by atoms with E-state index in [1.165, 1.54) is 0 Å². The van der Waals surface area contributed by atoms with Crippen LogP contribution in [0.3, 0.4) is 0 Å². The van der Waals surface area contributed by atoms with Crippen molar-refractivity contribution in [1.82, 2.24) is 5.32 Å². The van der Waals surface area contributed by atoms with Crippen LogP contribution >= 0.6 is 0 Å². The second-order valence-corrected chi connectivity index (χ2v) is 5.16. The van der Waals surface area contributed by atoms with Crippen LogP contribution in [0.1, 0.15) is 20.8 Å². The maximum absolute atomic E-state index is 11.2. The molecule has 0 amide bonds. The highest BCUT2D eigenvalue weighted by Crippen LogP contribution is 1.96. The Morgan fingerprint density at radius 1 is 1.47 bits per heavy atom. The Bertz CT molecular complexity index is 209. The number of rotatable bonds is 8. The molecule has 0 bridgehead atoms. The number of hydrogen-bond acceptors (Lipinski definition) is 4. The van der Waals surface area contributed by atoms with E-state index in [0.29, 0.717) is 31.2 Å². The molecule has 0 aromatic rings. The number of hydrogen-bond donors (Lipinski definition) is 1. The lowest BCUT2D eigenvalue weighted by molar-refractivity contribution is -0.147. The molecule has 0 aliphatic heterocycles. The largest absolute Gasteiger partial charge is 0.466 e. The predicted octanol–water partition coefficient (Wildman–Crippen LogP) is 0.544. The van der Waals surface area contributed by atoms with Gasteiger partial charge in [0.05, 0.1) is 12.5 Å². The topological polar surface area (TPSA) is 55.4 Å². The number of nitrogens with one attached hydrogen (secondary N) is 1. The molecule has 0 saturated heterocycles. The quantitative estimate of drug-likeness (QED) is 0.493. The first-order chi connectivity index (χ1) is 7.11. The summed E-state index contributed by atoms with van der Waals surface area (Å²) < 4.78 is 15.9. The highest BCUT2D eigenvalue weighted by molar-refractivity contribution is 7.84. The fourth-order valence-electron chi connectivity index (χ4n) is 1.02. The Labute approximate surface area is 94.2 Å². The van der Waals surface area contributed by atoms with E-state index in [0.717, 1.165) is 0 Å². The third-order valence-electron chi connectivity index (χ3n) is 1.97. The molecule has 2 atom stereocenters. The highest BCUT2D eigenvalue weighted by atomic mass is 32.2. The Morgan fingerprint density at radius 2 is 2.13 bits per heavy atom. The molecule has 0 fully saturated rings. The first-order valence-corrected chi connectivity index (χ1v) is 6.82. The van der Waals surface area contributed by atoms with Gasteiger partial charge in [-0.2, -0.15) is 0 Å². The van der Waals surface area contributed by atoms with E-state index < -0.39 is 10.8 Å². The van der Waals surface area contributed by atoms with Crippen LogP contribution in [0.25, 0.3) is 0 Å². The van der Waals surface area contributed by atoms with Crippen molar-refractivity contribution in [3.8, 4) is 0 Å². The molecule has 90 valence electrons. The fourth-order valence-corrected chi connectivity index (χ4v) is 1.68. The van der Waals surface area contributed by atoms with Gasteiger partial charge in [0.2, 0.25) is 0 Å². The van der Waals surface area contributed by atoms with Crippen LogP contribution in [0.15, 0.2) is 0 Å². The van der Waals surface area contributed by atoms with Gasteiger partial charge in [-0.15, -0.1) is 0 Å². The smallest absolute Gasteiger partial charge is 0.309 e. The molecule has 0 heterocycles. The van der Waals surface area contributed by atoms with Crippen LogP contribution in [0.2, 0.25) is 0 Å². The van der Waals surface area contributed by atoms with E-state index in [4.69, 9.17) is 4.74 Å². The minimum absolute atomic E-state index is 0.139. The zero-order chi connectivity index (χ0) is 11.7. The maximum atomic E-state index is 11.2. The molecule has 0 aromatic heterocycles. The molecular weight excluding hydrogens is 214 g/mol. The molecule has 4 nitrogen and oxygen atoms in total. The zero-order valence-electron chi connectivity index (χ0n) is 9.75. The number of esters is 1. The summed E-state index contributed by atoms with van der Waals surface area (Å²) in [7, 11) is -0.734. The Balaban J connectivity index is 3.50. The molecule has 0 aliphatic rings. The average Bonchev–Trinajstić information content (AvgIpc) is 2.23. The van der Waals surface area contributed by atoms with Crippen LogP contribution in [-0.4, -0.2) is 41.4 Å². The van der Waals surface area contributed by atoms with E-state index >= 15 is 0 Å². The molecule has 0 rings (SSSR count). The lowest BCUT2D eigenvalue weighted by Gasteiger charge is -2.11. The summed E-state index contributed by atoms with van der Waals surface area (Å²) in [6.07, 6.45) is 0. The highest BCUT2D eigenvalue weighted by Gasteiger charge is 2.12. The van der Waals surface area contributed by atoms with Crippen molar-refractivity contribution in [3.05, 3.63) is 0 Å². The van der Waals surface area contributed by atoms with Gasteiger partial charge in [-0.25, -0.2) is 0 Å². The maximum Gasteiger partial charge on any atom is 0.309 e. The van der Waals surface area contributed by atoms with Crippen LogP contribution in [0, 0.1) is 5.92 Å². The second kappa shape index (κ2) is 8.85. The van der Waals surface area contributed by atoms with Crippen molar-refractivity contribution in [3.63, 3.8) is 0 Å². The van der Waals surface area contributed by atoms with Crippen molar-refractivity contribution >= 4 is 16.8 Å². The second-order valence-electron chi connectivity index (χ2n) is 3.29. The number of ether oxygens (including phenoxy) is 1. The first-order valence-electron chi connectivity index (χ1n) is 5.34. The molecule has 0 saturated carbocycles. The van der Waals surface area contributed by atoms with Crippen molar-refractivity contribution in [1.29, 1.82) is 0 Å². The summed E-state index contributed by atoms with van der Waals surface area (Å²) >= 11 is 0. The number of carbonyl (C=O) groups is 1. The molecule has 1 N–H and O–H groups in total. The van der Waals surface area contributed by atoms with Crippen LogP contribution in [0.5, 0.6) is 0 Å². The molecular formula is C10H21NO3S. The number of carbonyl (C=O) groups excluding carboxylic acids is 1. The van der Waals surface area contributed by atoms with E-state index in [-0.39, 0.29) is 11.9 Å². The van der Waals surface area contributed by atoms with Gasteiger partial charge in [0.25, 0.3) is 0 Å². The van der Waals surface area contributed by atoms with Crippen molar-refractivity contribution < 1.29 is 13.7 Å². The first kappa shape index (κ1) is 14.6. The minimum atomic E-state index is -0.734. The van der Waals surface area contributed by atoms with Gasteiger partial charge in [0, 0.05) is 35.4 Å². The van der Waals surface area contributed by atoms with Crippen molar-refractivity contribution in [2.75, 3.05) is 31.2 Å². The predicted molar refractivity (Wildman–Crippen MR) is 62.2 cm³/mol. The summed E-state index contributed by atoms with van der Waals surface area (Å²) in [4.78, 5) is 11.2. The molecule has 5 heteroatoms. The van der Waals surface area contributed by atoms with Crippen molar-refractivity contribution in [2.45, 2.75) is 20.8 Å². The Hall–Kier alpha value is -0.420. The monoisotopic (exact) mass is 235 g/mol. The lowest BCUT2D eigenvalue weighted by Crippen LogP contribution is -2.30. The van der Waals surface area contributed by atoms with E-state index in [2.05, 4.69) is 5.32 Å². The van der Waals surface area contributed by atoms with Crippen LogP contribution in [-0.2, 0) is 20.3 Å². The van der Waals surface area contributed by atoms with E-state index in [1.54, 1.807) is 6.92 Å². The standard InChI is InChI=1S/C10H21NO3S/c1-4-14-10(12)9(3)8-11-6-7-15(13)5-2/h9,11H,4-8H2,1-3H3. The van der Waals surface area contributed by atoms with Gasteiger partial charge >= 0.3 is 5.97 Å². The van der Waals surface area contributed by atoms with E-state index in [1.807, 2.05) is 13.8 Å². The summed E-state index contributed by atoms with van der Waals surface area (Å²) in [5.74, 6) is 1.02. The molecule has 15 heavy (non-hydrogen) atoms. The zero-order valence-corrected chi connectivity index (χ0v) is 10.6. The summed E-state index contributed by atoms with van der Waals surface area (Å²) in [6, 6.07) is 0. The molecule has 0 aliphatic carbocycles. The van der Waals surface area contributed by atoms with Gasteiger partial charge in [-0.05, 0) is 6.92 Å². The average molecular weight is 235 g/mol. The van der Waals surface area contributed by atoms with Gasteiger partial charge in [-0.1, -0.05) is 13.8 Å². The molecule has 0 aromatic carbocycles. The summed E-state index contributed by atoms with van der Waals surface area (Å²) in [5, 5.41) is 3.10. The SMILES string of the molecule is CCOC(=O)C(C)CNCCS(=O)CC. The summed E-state index contributed by atoms with van der Waals surface area (Å²) in [5.41, 5.74) is 0. The van der Waals surface area contributed by atoms with Gasteiger partial charge in [-0.3, -0.25) is 9.00 Å². The molecule has 0 radical (unpaired) electrons. The van der Waals surface area contributed by atoms with Gasteiger partial charge in [0.1, 0.15) is 0 Å². The third-order valence-corrected chi connectivity index (χ3v) is 3.27. The summed E-state index contributed by atoms with van der Waals surface area (Å²) in [6.45, 7) is 7.20. The van der Waals surface area contributed by atoms with E-state index in [9.17, 15) is 9.00 Å². The van der Waals surface area contributed by atoms with Crippen molar-refractivity contribution in [2.24, 2.45) is 5.92 Å². The Morgan fingerprint density at radius 3 is 2.67 bits per heavy atom. The third kappa shape index (κ3) is 7.50. The molecule has 2 unspecified atom stereocenters. The minimum Gasteiger partial charge on any atom is -0.466 e.